The predicted octanol–water partition coefficient (Wildman–Crippen LogP) is 3.63. The first kappa shape index (κ1) is 25.7. The predicted molar refractivity (Wildman–Crippen MR) is 131 cm³/mol. The topological polar surface area (TPSA) is 135 Å². The minimum absolute atomic E-state index is 0.0889. The van der Waals surface area contributed by atoms with Crippen molar-refractivity contribution < 1.29 is 33.5 Å². The maximum absolute atomic E-state index is 13.2. The Balaban J connectivity index is 1.56. The number of para-hydroxylation sites is 1. The summed E-state index contributed by atoms with van der Waals surface area (Å²) in [5, 5.41) is 13.1. The lowest BCUT2D eigenvalue weighted by Gasteiger charge is -2.39. The van der Waals surface area contributed by atoms with Gasteiger partial charge in [0, 0.05) is 18.7 Å². The first-order valence-corrected chi connectivity index (χ1v) is 11.7. The molecule has 11 heteroatoms. The monoisotopic (exact) mass is 508 g/mol. The van der Waals surface area contributed by atoms with E-state index in [4.69, 9.17) is 19.1 Å². The van der Waals surface area contributed by atoms with Gasteiger partial charge >= 0.3 is 12.1 Å². The molecule has 0 bridgehead atoms. The normalized spacial score (nSPS) is 15.8. The van der Waals surface area contributed by atoms with Crippen LogP contribution in [-0.2, 0) is 9.53 Å². The number of carbonyl (C=O) groups excluding carboxylic acids is 2. The highest BCUT2D eigenvalue weighted by Crippen LogP contribution is 2.28. The third-order valence-corrected chi connectivity index (χ3v) is 5.57. The summed E-state index contributed by atoms with van der Waals surface area (Å²) in [6.45, 7) is 5.71. The highest BCUT2D eigenvalue weighted by Gasteiger charge is 2.38. The lowest BCUT2D eigenvalue weighted by molar-refractivity contribution is -0.139. The second-order valence-electron chi connectivity index (χ2n) is 9.47. The average Bonchev–Trinajstić information content (AvgIpc) is 3.37. The fourth-order valence-corrected chi connectivity index (χ4v) is 3.78. The van der Waals surface area contributed by atoms with Crippen LogP contribution in [0.3, 0.4) is 0 Å². The van der Waals surface area contributed by atoms with Crippen LogP contribution in [-0.4, -0.2) is 74.9 Å². The Kier molecular flexibility index (Phi) is 7.42. The van der Waals surface area contributed by atoms with Crippen molar-refractivity contribution in [3.8, 4) is 17.1 Å². The number of carboxylic acids is 1. The molecule has 0 radical (unpaired) electrons. The molecule has 1 N–H and O–H groups in total. The van der Waals surface area contributed by atoms with Gasteiger partial charge in [-0.05, 0) is 45.0 Å². The standard InChI is InChI=1S/C26H28N4O7/c1-26(2,3)36-25(34)29-13-14-30(21(31)16-35-19-7-5-4-6-8-19)20(15-29)23-27-22(28-37-23)17-9-11-18(12-10-17)24(32)33/h4-12,20H,13-16H2,1-3H3,(H,32,33). The van der Waals surface area contributed by atoms with Crippen LogP contribution in [0, 0.1) is 0 Å². The largest absolute Gasteiger partial charge is 0.484 e. The molecule has 1 atom stereocenters. The number of benzene rings is 2. The van der Waals surface area contributed by atoms with Crippen molar-refractivity contribution in [3.63, 3.8) is 0 Å². The van der Waals surface area contributed by atoms with Crippen LogP contribution >= 0.6 is 0 Å². The van der Waals surface area contributed by atoms with Gasteiger partial charge in [-0.2, -0.15) is 4.98 Å². The van der Waals surface area contributed by atoms with Gasteiger partial charge in [0.25, 0.3) is 11.8 Å². The zero-order valence-electron chi connectivity index (χ0n) is 20.8. The first-order valence-electron chi connectivity index (χ1n) is 11.7. The molecule has 4 rings (SSSR count). The molecule has 37 heavy (non-hydrogen) atoms. The molecule has 0 saturated carbocycles. The minimum atomic E-state index is -1.04. The molecule has 1 fully saturated rings. The van der Waals surface area contributed by atoms with Crippen molar-refractivity contribution in [1.29, 1.82) is 0 Å². The van der Waals surface area contributed by atoms with E-state index in [2.05, 4.69) is 10.1 Å². The molecule has 2 amide bonds. The van der Waals surface area contributed by atoms with Gasteiger partial charge in [-0.15, -0.1) is 0 Å². The van der Waals surface area contributed by atoms with E-state index >= 15 is 0 Å². The molecule has 1 unspecified atom stereocenters. The van der Waals surface area contributed by atoms with Gasteiger partial charge in [-0.3, -0.25) is 4.79 Å². The van der Waals surface area contributed by atoms with E-state index in [1.807, 2.05) is 18.2 Å². The fraction of sp³-hybridized carbons (Fsp3) is 0.346. The van der Waals surface area contributed by atoms with Gasteiger partial charge < -0.3 is 28.9 Å². The number of aromatic carboxylic acids is 1. The number of amides is 2. The molecule has 1 aliphatic heterocycles. The number of nitrogens with zero attached hydrogens (tertiary/aromatic N) is 4. The Labute approximate surface area is 213 Å². The second-order valence-corrected chi connectivity index (χ2v) is 9.47. The molecule has 194 valence electrons. The Morgan fingerprint density at radius 2 is 1.76 bits per heavy atom. The lowest BCUT2D eigenvalue weighted by Crippen LogP contribution is -2.54. The average molecular weight is 509 g/mol. The highest BCUT2D eigenvalue weighted by molar-refractivity contribution is 5.88. The first-order chi connectivity index (χ1) is 17.6. The Morgan fingerprint density at radius 3 is 2.41 bits per heavy atom. The molecule has 11 nitrogen and oxygen atoms in total. The second kappa shape index (κ2) is 10.7. The van der Waals surface area contributed by atoms with Crippen molar-refractivity contribution in [2.75, 3.05) is 26.2 Å². The van der Waals surface area contributed by atoms with Crippen LogP contribution < -0.4 is 4.74 Å². The van der Waals surface area contributed by atoms with Gasteiger partial charge in [-0.25, -0.2) is 9.59 Å². The summed E-state index contributed by atoms with van der Waals surface area (Å²) in [7, 11) is 0. The number of carboxylic acid groups (broad SMARTS) is 1. The molecule has 3 aromatic rings. The van der Waals surface area contributed by atoms with E-state index in [0.29, 0.717) is 11.3 Å². The van der Waals surface area contributed by atoms with Crippen molar-refractivity contribution in [2.24, 2.45) is 0 Å². The molecule has 1 aliphatic rings. The maximum atomic E-state index is 13.2. The number of carbonyl (C=O) groups is 3. The number of hydrogen-bond acceptors (Lipinski definition) is 8. The third-order valence-electron chi connectivity index (χ3n) is 5.57. The van der Waals surface area contributed by atoms with Crippen LogP contribution in [0.25, 0.3) is 11.4 Å². The number of ether oxygens (including phenoxy) is 2. The summed E-state index contributed by atoms with van der Waals surface area (Å²) in [5.41, 5.74) is -0.00364. The van der Waals surface area contributed by atoms with Crippen molar-refractivity contribution in [2.45, 2.75) is 32.4 Å². The van der Waals surface area contributed by atoms with E-state index in [0.717, 1.165) is 0 Å². The van der Waals surface area contributed by atoms with Gasteiger partial charge in [0.05, 0.1) is 12.1 Å². The summed E-state index contributed by atoms with van der Waals surface area (Å²) in [4.78, 5) is 44.6. The number of aromatic nitrogens is 2. The number of hydrogen-bond donors (Lipinski definition) is 1. The van der Waals surface area contributed by atoms with Crippen LogP contribution in [0.4, 0.5) is 4.79 Å². The molecule has 0 spiro atoms. The zero-order valence-corrected chi connectivity index (χ0v) is 20.8. The molecular weight excluding hydrogens is 480 g/mol. The highest BCUT2D eigenvalue weighted by atomic mass is 16.6. The van der Waals surface area contributed by atoms with Gasteiger partial charge in [-0.1, -0.05) is 35.5 Å². The number of rotatable bonds is 6. The Bertz CT molecular complexity index is 1250. The molecule has 1 aromatic heterocycles. The van der Waals surface area contributed by atoms with Crippen LogP contribution in [0.5, 0.6) is 5.75 Å². The molecular formula is C26H28N4O7. The number of piperazine rings is 1. The summed E-state index contributed by atoms with van der Waals surface area (Å²) >= 11 is 0. The van der Waals surface area contributed by atoms with E-state index in [1.54, 1.807) is 49.9 Å². The summed E-state index contributed by atoms with van der Waals surface area (Å²) in [6, 6.07) is 14.3. The van der Waals surface area contributed by atoms with E-state index in [-0.39, 0.29) is 49.4 Å². The van der Waals surface area contributed by atoms with Crippen LogP contribution in [0.15, 0.2) is 59.1 Å². The van der Waals surface area contributed by atoms with E-state index in [1.165, 1.54) is 17.0 Å². The smallest absolute Gasteiger partial charge is 0.410 e. The SMILES string of the molecule is CC(C)(C)OC(=O)N1CCN(C(=O)COc2ccccc2)C(c2nc(-c3ccc(C(=O)O)cc3)no2)C1. The van der Waals surface area contributed by atoms with E-state index in [9.17, 15) is 14.4 Å². The van der Waals surface area contributed by atoms with Gasteiger partial charge in [0.1, 0.15) is 17.4 Å². The van der Waals surface area contributed by atoms with Crippen LogP contribution in [0.1, 0.15) is 43.1 Å². The van der Waals surface area contributed by atoms with Crippen molar-refractivity contribution in [1.82, 2.24) is 19.9 Å². The Morgan fingerprint density at radius 1 is 1.05 bits per heavy atom. The van der Waals surface area contributed by atoms with E-state index < -0.39 is 23.7 Å². The van der Waals surface area contributed by atoms with Crippen molar-refractivity contribution in [3.05, 3.63) is 66.1 Å². The summed E-state index contributed by atoms with van der Waals surface area (Å²) < 4.78 is 16.7. The minimum Gasteiger partial charge on any atom is -0.484 e. The van der Waals surface area contributed by atoms with Gasteiger partial charge in [0.15, 0.2) is 6.61 Å². The third kappa shape index (κ3) is 6.43. The molecule has 1 saturated heterocycles. The molecule has 0 aliphatic carbocycles. The molecule has 2 aromatic carbocycles. The lowest BCUT2D eigenvalue weighted by atomic mass is 10.1. The van der Waals surface area contributed by atoms with Crippen LogP contribution in [0.2, 0.25) is 0 Å². The maximum Gasteiger partial charge on any atom is 0.410 e. The quantitative estimate of drug-likeness (QED) is 0.529. The zero-order chi connectivity index (χ0) is 26.6. The Hall–Kier alpha value is -4.41. The van der Waals surface area contributed by atoms with Gasteiger partial charge in [0.2, 0.25) is 5.82 Å². The fourth-order valence-electron chi connectivity index (χ4n) is 3.78. The van der Waals surface area contributed by atoms with Crippen molar-refractivity contribution >= 4 is 18.0 Å². The summed E-state index contributed by atoms with van der Waals surface area (Å²) in [6.07, 6.45) is -0.505. The molecule has 2 heterocycles. The summed E-state index contributed by atoms with van der Waals surface area (Å²) in [5.74, 6) is -0.419.